The van der Waals surface area contributed by atoms with Crippen molar-refractivity contribution in [2.45, 2.75) is 14.7 Å². The number of sulfone groups is 2. The summed E-state index contributed by atoms with van der Waals surface area (Å²) in [5.74, 6) is -0.0628. The topological polar surface area (TPSA) is 123 Å². The number of hydrogen-bond acceptors (Lipinski definition) is 6. The van der Waals surface area contributed by atoms with E-state index in [1.54, 1.807) is 0 Å². The van der Waals surface area contributed by atoms with Crippen LogP contribution < -0.4 is 5.73 Å². The van der Waals surface area contributed by atoms with Crippen molar-refractivity contribution in [3.63, 3.8) is 0 Å². The molecule has 0 aliphatic heterocycles. The zero-order chi connectivity index (χ0) is 14.3. The van der Waals surface area contributed by atoms with Gasteiger partial charge in [-0.1, -0.05) is 0 Å². The quantitative estimate of drug-likeness (QED) is 0.836. The highest BCUT2D eigenvalue weighted by Crippen LogP contribution is 2.24. The average molecular weight is 301 g/mol. The molecule has 1 heterocycles. The van der Waals surface area contributed by atoms with Crippen LogP contribution in [0.4, 0.5) is 5.82 Å². The van der Waals surface area contributed by atoms with E-state index in [4.69, 9.17) is 5.73 Å². The van der Waals surface area contributed by atoms with Gasteiger partial charge in [-0.25, -0.2) is 16.8 Å². The molecule has 1 aromatic carbocycles. The van der Waals surface area contributed by atoms with Crippen LogP contribution in [0.25, 0.3) is 0 Å². The van der Waals surface area contributed by atoms with E-state index in [1.807, 2.05) is 0 Å². The molecule has 0 fully saturated rings. The molecule has 102 valence electrons. The summed E-state index contributed by atoms with van der Waals surface area (Å²) in [6, 6.07) is 4.91. The van der Waals surface area contributed by atoms with E-state index in [9.17, 15) is 16.8 Å². The van der Waals surface area contributed by atoms with Crippen LogP contribution in [-0.2, 0) is 19.7 Å². The maximum absolute atomic E-state index is 12.2. The van der Waals surface area contributed by atoms with Crippen molar-refractivity contribution in [1.29, 1.82) is 0 Å². The second-order valence-electron chi connectivity index (χ2n) is 3.89. The highest BCUT2D eigenvalue weighted by molar-refractivity contribution is 7.91. The molecule has 19 heavy (non-hydrogen) atoms. The maximum atomic E-state index is 12.2. The van der Waals surface area contributed by atoms with Crippen molar-refractivity contribution in [2.75, 3.05) is 12.0 Å². The van der Waals surface area contributed by atoms with Gasteiger partial charge in [-0.05, 0) is 24.3 Å². The Morgan fingerprint density at radius 1 is 1.05 bits per heavy atom. The molecule has 2 rings (SSSR count). The van der Waals surface area contributed by atoms with Crippen molar-refractivity contribution < 1.29 is 16.8 Å². The summed E-state index contributed by atoms with van der Waals surface area (Å²) in [6.07, 6.45) is 2.15. The summed E-state index contributed by atoms with van der Waals surface area (Å²) >= 11 is 0. The summed E-state index contributed by atoms with van der Waals surface area (Å²) in [7, 11) is -7.17. The Balaban J connectivity index is 2.52. The third kappa shape index (κ3) is 2.47. The second kappa shape index (κ2) is 4.35. The van der Waals surface area contributed by atoms with Gasteiger partial charge in [0.25, 0.3) is 0 Å². The number of nitrogens with two attached hydrogens (primary N) is 1. The number of aromatic amines is 1. The molecule has 0 unspecified atom stereocenters. The van der Waals surface area contributed by atoms with Crippen LogP contribution in [0.2, 0.25) is 0 Å². The Morgan fingerprint density at radius 2 is 1.58 bits per heavy atom. The SMILES string of the molecule is CS(=O)(=O)c1ccc(S(=O)(=O)c2cn[nH]c2N)cc1. The molecule has 0 atom stereocenters. The van der Waals surface area contributed by atoms with Crippen molar-refractivity contribution >= 4 is 25.5 Å². The van der Waals surface area contributed by atoms with Crippen molar-refractivity contribution in [1.82, 2.24) is 10.2 Å². The molecule has 1 aromatic heterocycles. The largest absolute Gasteiger partial charge is 0.383 e. The zero-order valence-corrected chi connectivity index (χ0v) is 11.5. The minimum atomic E-state index is -3.80. The lowest BCUT2D eigenvalue weighted by atomic mass is 10.4. The van der Waals surface area contributed by atoms with Crippen LogP contribution in [0.3, 0.4) is 0 Å². The summed E-state index contributed by atoms with van der Waals surface area (Å²) in [4.78, 5) is -0.140. The van der Waals surface area contributed by atoms with Gasteiger partial charge in [-0.15, -0.1) is 0 Å². The molecule has 0 aliphatic rings. The Kier molecular flexibility index (Phi) is 3.11. The second-order valence-corrected chi connectivity index (χ2v) is 7.83. The zero-order valence-electron chi connectivity index (χ0n) is 9.86. The van der Waals surface area contributed by atoms with E-state index in [2.05, 4.69) is 10.2 Å². The lowest BCUT2D eigenvalue weighted by Gasteiger charge is -2.04. The standard InChI is InChI=1S/C10H11N3O4S2/c1-18(14,15)7-2-4-8(5-3-7)19(16,17)9-6-12-13-10(9)11/h2-6H,1H3,(H3,11,12,13). The normalized spacial score (nSPS) is 12.5. The first-order valence-electron chi connectivity index (χ1n) is 5.07. The third-order valence-corrected chi connectivity index (χ3v) is 5.41. The van der Waals surface area contributed by atoms with Crippen molar-refractivity contribution in [2.24, 2.45) is 0 Å². The maximum Gasteiger partial charge on any atom is 0.211 e. The monoisotopic (exact) mass is 301 g/mol. The summed E-state index contributed by atoms with van der Waals surface area (Å²) in [5, 5.41) is 5.88. The number of rotatable bonds is 3. The van der Waals surface area contributed by atoms with Crippen LogP contribution in [-0.4, -0.2) is 33.3 Å². The van der Waals surface area contributed by atoms with Gasteiger partial charge < -0.3 is 5.73 Å². The van der Waals surface area contributed by atoms with E-state index >= 15 is 0 Å². The molecule has 0 radical (unpaired) electrons. The highest BCUT2D eigenvalue weighted by Gasteiger charge is 2.22. The van der Waals surface area contributed by atoms with E-state index in [1.165, 1.54) is 24.3 Å². The Hall–Kier alpha value is -1.87. The number of benzene rings is 1. The molecular formula is C10H11N3O4S2. The minimum Gasteiger partial charge on any atom is -0.383 e. The molecular weight excluding hydrogens is 290 g/mol. The predicted molar refractivity (Wildman–Crippen MR) is 68.0 cm³/mol. The number of nitrogen functional groups attached to an aromatic ring is 1. The van der Waals surface area contributed by atoms with Crippen LogP contribution in [0.15, 0.2) is 45.1 Å². The van der Waals surface area contributed by atoms with Crippen LogP contribution in [0, 0.1) is 0 Å². The first-order valence-corrected chi connectivity index (χ1v) is 8.44. The fraction of sp³-hybridized carbons (Fsp3) is 0.100. The number of nitrogens with zero attached hydrogens (tertiary/aromatic N) is 1. The Morgan fingerprint density at radius 3 is 2.00 bits per heavy atom. The smallest absolute Gasteiger partial charge is 0.211 e. The van der Waals surface area contributed by atoms with Crippen LogP contribution in [0.1, 0.15) is 0 Å². The van der Waals surface area contributed by atoms with Gasteiger partial charge in [-0.2, -0.15) is 5.10 Å². The molecule has 0 aliphatic carbocycles. The summed E-state index contributed by atoms with van der Waals surface area (Å²) < 4.78 is 47.0. The molecule has 3 N–H and O–H groups in total. The molecule has 9 heteroatoms. The van der Waals surface area contributed by atoms with Crippen LogP contribution >= 0.6 is 0 Å². The minimum absolute atomic E-state index is 0.0478. The summed E-state index contributed by atoms with van der Waals surface area (Å²) in [5.41, 5.74) is 5.47. The number of anilines is 1. The van der Waals surface area contributed by atoms with E-state index in [-0.39, 0.29) is 20.5 Å². The molecule has 0 bridgehead atoms. The molecule has 2 aromatic rings. The Bertz CT molecular complexity index is 805. The predicted octanol–water partition coefficient (Wildman–Crippen LogP) is 0.228. The lowest BCUT2D eigenvalue weighted by molar-refractivity contribution is 0.594. The lowest BCUT2D eigenvalue weighted by Crippen LogP contribution is -2.05. The number of nitrogens with one attached hydrogen (secondary N) is 1. The number of aromatic nitrogens is 2. The van der Waals surface area contributed by atoms with Gasteiger partial charge in [-0.3, -0.25) is 5.10 Å². The van der Waals surface area contributed by atoms with Crippen molar-refractivity contribution in [3.05, 3.63) is 30.5 Å². The first kappa shape index (κ1) is 13.6. The van der Waals surface area contributed by atoms with Gasteiger partial charge in [0.05, 0.1) is 16.0 Å². The number of hydrogen-bond donors (Lipinski definition) is 2. The van der Waals surface area contributed by atoms with Gasteiger partial charge in [0.2, 0.25) is 9.84 Å². The highest BCUT2D eigenvalue weighted by atomic mass is 32.2. The summed E-state index contributed by atoms with van der Waals surface area (Å²) in [6.45, 7) is 0. The van der Waals surface area contributed by atoms with E-state index < -0.39 is 19.7 Å². The van der Waals surface area contributed by atoms with Gasteiger partial charge in [0, 0.05) is 6.26 Å². The van der Waals surface area contributed by atoms with Gasteiger partial charge in [0.1, 0.15) is 10.7 Å². The fourth-order valence-electron chi connectivity index (χ4n) is 1.49. The molecule has 7 nitrogen and oxygen atoms in total. The van der Waals surface area contributed by atoms with Crippen LogP contribution in [0.5, 0.6) is 0 Å². The average Bonchev–Trinajstić information content (AvgIpc) is 2.75. The van der Waals surface area contributed by atoms with E-state index in [0.29, 0.717) is 0 Å². The molecule has 0 saturated heterocycles. The fourth-order valence-corrected chi connectivity index (χ4v) is 3.40. The first-order chi connectivity index (χ1) is 8.73. The van der Waals surface area contributed by atoms with Gasteiger partial charge >= 0.3 is 0 Å². The van der Waals surface area contributed by atoms with E-state index in [0.717, 1.165) is 12.5 Å². The third-order valence-electron chi connectivity index (χ3n) is 2.48. The van der Waals surface area contributed by atoms with Crippen molar-refractivity contribution in [3.8, 4) is 0 Å². The Labute approximate surface area is 110 Å². The van der Waals surface area contributed by atoms with Gasteiger partial charge in [0.15, 0.2) is 9.84 Å². The molecule has 0 amide bonds. The molecule has 0 saturated carbocycles. The number of H-pyrrole nitrogens is 1. The molecule has 0 spiro atoms.